The van der Waals surface area contributed by atoms with E-state index in [2.05, 4.69) is 0 Å². The summed E-state index contributed by atoms with van der Waals surface area (Å²) in [5, 5.41) is 20.3. The summed E-state index contributed by atoms with van der Waals surface area (Å²) in [6.45, 7) is 4.62. The van der Waals surface area contributed by atoms with Crippen molar-refractivity contribution in [3.8, 4) is 0 Å². The van der Waals surface area contributed by atoms with Gasteiger partial charge in [0.15, 0.2) is 0 Å². The van der Waals surface area contributed by atoms with Gasteiger partial charge in [-0.2, -0.15) is 0 Å². The molecule has 12 nitrogen and oxygen atoms in total. The number of ether oxygens (including phenoxy) is 1. The first-order valence-electron chi connectivity index (χ1n) is 12.0. The molecule has 0 radical (unpaired) electrons. The standard InChI is InChI=1S/C24H28N4O8S/c1-3-25-9-10-26(23(32)22(25)31)13-37-20-14(2)18-17(8-11-29)21(30)27(18)19(20)24(33)36-12-15-4-6-16(7-5-15)28(34)35/h4-7,14,17-18,29H,3,8-13H2,1-2H3/t14-,17+,18-/m1/s1. The lowest BCUT2D eigenvalue weighted by atomic mass is 9.80. The Kier molecular flexibility index (Phi) is 7.83. The van der Waals surface area contributed by atoms with Gasteiger partial charge >= 0.3 is 17.8 Å². The van der Waals surface area contributed by atoms with E-state index >= 15 is 0 Å². The summed E-state index contributed by atoms with van der Waals surface area (Å²) >= 11 is 1.23. The normalized spacial score (nSPS) is 23.4. The zero-order valence-corrected chi connectivity index (χ0v) is 21.3. The minimum Gasteiger partial charge on any atom is -0.456 e. The second-order valence-corrected chi connectivity index (χ2v) is 10.0. The Labute approximate surface area is 217 Å². The van der Waals surface area contributed by atoms with Crippen molar-refractivity contribution in [3.05, 3.63) is 50.5 Å². The second-order valence-electron chi connectivity index (χ2n) is 9.05. The number of β-lactam (4-membered cyclic amide) rings is 1. The highest BCUT2D eigenvalue weighted by Gasteiger charge is 2.58. The summed E-state index contributed by atoms with van der Waals surface area (Å²) < 4.78 is 5.48. The fourth-order valence-corrected chi connectivity index (χ4v) is 6.20. The first-order chi connectivity index (χ1) is 17.7. The van der Waals surface area contributed by atoms with Gasteiger partial charge in [-0.05, 0) is 31.0 Å². The number of hydrogen-bond donors (Lipinski definition) is 1. The first kappa shape index (κ1) is 26.6. The summed E-state index contributed by atoms with van der Waals surface area (Å²) in [5.74, 6) is -2.67. The zero-order valence-electron chi connectivity index (χ0n) is 20.5. The van der Waals surface area contributed by atoms with Crippen molar-refractivity contribution >= 4 is 41.1 Å². The van der Waals surface area contributed by atoms with Gasteiger partial charge in [0.2, 0.25) is 5.91 Å². The number of benzene rings is 1. The molecule has 37 heavy (non-hydrogen) atoms. The number of thioether (sulfide) groups is 1. The number of carbonyl (C=O) groups is 4. The van der Waals surface area contributed by atoms with Crippen LogP contribution in [0, 0.1) is 22.0 Å². The summed E-state index contributed by atoms with van der Waals surface area (Å²) in [6.07, 6.45) is 0.277. The van der Waals surface area contributed by atoms with E-state index in [1.165, 1.54) is 50.7 Å². The lowest BCUT2D eigenvalue weighted by Gasteiger charge is -2.45. The predicted octanol–water partition coefficient (Wildman–Crippen LogP) is 1.09. The molecule has 2 fully saturated rings. The smallest absolute Gasteiger partial charge is 0.356 e. The molecule has 0 aliphatic carbocycles. The van der Waals surface area contributed by atoms with Crippen LogP contribution in [-0.4, -0.2) is 86.6 Å². The fraction of sp³-hybridized carbons (Fsp3) is 0.500. The zero-order chi connectivity index (χ0) is 26.9. The quantitative estimate of drug-likeness (QED) is 0.154. The lowest BCUT2D eigenvalue weighted by molar-refractivity contribution is -0.384. The van der Waals surface area contributed by atoms with Crippen LogP contribution in [0.25, 0.3) is 0 Å². The van der Waals surface area contributed by atoms with Crippen LogP contribution in [0.1, 0.15) is 25.8 Å². The Morgan fingerprint density at radius 3 is 2.43 bits per heavy atom. The van der Waals surface area contributed by atoms with Gasteiger partial charge < -0.3 is 24.5 Å². The molecule has 2 saturated heterocycles. The maximum absolute atomic E-state index is 13.2. The second kappa shape index (κ2) is 10.9. The Morgan fingerprint density at radius 1 is 1.16 bits per heavy atom. The number of rotatable bonds is 10. The molecule has 0 unspecified atom stereocenters. The van der Waals surface area contributed by atoms with E-state index in [0.29, 0.717) is 30.1 Å². The predicted molar refractivity (Wildman–Crippen MR) is 131 cm³/mol. The summed E-state index contributed by atoms with van der Waals surface area (Å²) in [6, 6.07) is 5.29. The van der Waals surface area contributed by atoms with E-state index in [4.69, 9.17) is 4.74 Å². The van der Waals surface area contributed by atoms with Crippen LogP contribution in [0.3, 0.4) is 0 Å². The molecule has 3 heterocycles. The van der Waals surface area contributed by atoms with Crippen LogP contribution < -0.4 is 0 Å². The topological polar surface area (TPSA) is 151 Å². The van der Waals surface area contributed by atoms with Gasteiger partial charge in [-0.3, -0.25) is 24.5 Å². The monoisotopic (exact) mass is 532 g/mol. The van der Waals surface area contributed by atoms with Gasteiger partial charge in [0, 0.05) is 49.2 Å². The number of aliphatic hydroxyl groups is 1. The van der Waals surface area contributed by atoms with Gasteiger partial charge in [0.05, 0.1) is 22.8 Å². The van der Waals surface area contributed by atoms with E-state index in [1.807, 2.05) is 6.92 Å². The van der Waals surface area contributed by atoms with E-state index in [9.17, 15) is 34.4 Å². The average molecular weight is 533 g/mol. The number of likely N-dealkylation sites (N-methyl/N-ethyl adjacent to an activating group) is 1. The molecule has 0 bridgehead atoms. The van der Waals surface area contributed by atoms with Gasteiger partial charge in [-0.25, -0.2) is 4.79 Å². The minimum absolute atomic E-state index is 0.0853. The number of nitro groups is 1. The number of amides is 3. The van der Waals surface area contributed by atoms with Crippen molar-refractivity contribution in [3.63, 3.8) is 0 Å². The summed E-state index contributed by atoms with van der Waals surface area (Å²) in [7, 11) is 0. The largest absolute Gasteiger partial charge is 0.456 e. The maximum Gasteiger partial charge on any atom is 0.356 e. The van der Waals surface area contributed by atoms with Crippen molar-refractivity contribution in [2.24, 2.45) is 11.8 Å². The molecule has 1 N–H and O–H groups in total. The van der Waals surface area contributed by atoms with Crippen LogP contribution in [0.5, 0.6) is 0 Å². The number of nitro benzene ring substituents is 1. The molecule has 3 amide bonds. The Balaban J connectivity index is 1.51. The van der Waals surface area contributed by atoms with Crippen molar-refractivity contribution in [2.75, 3.05) is 32.1 Å². The van der Waals surface area contributed by atoms with Crippen molar-refractivity contribution < 1.29 is 33.9 Å². The average Bonchev–Trinajstić information content (AvgIpc) is 3.15. The van der Waals surface area contributed by atoms with Crippen LogP contribution >= 0.6 is 11.8 Å². The molecule has 3 aliphatic rings. The highest BCUT2D eigenvalue weighted by atomic mass is 32.2. The number of fused-ring (bicyclic) bond motifs is 1. The van der Waals surface area contributed by atoms with Gasteiger partial charge in [0.1, 0.15) is 12.3 Å². The highest BCUT2D eigenvalue weighted by molar-refractivity contribution is 8.03. The third-order valence-corrected chi connectivity index (χ3v) is 8.29. The molecule has 0 aromatic heterocycles. The Bertz CT molecular complexity index is 1150. The minimum atomic E-state index is -0.718. The molecule has 1 aromatic rings. The number of non-ortho nitro benzene ring substituents is 1. The molecule has 3 aliphatic heterocycles. The van der Waals surface area contributed by atoms with Crippen molar-refractivity contribution in [1.82, 2.24) is 14.7 Å². The third kappa shape index (κ3) is 4.92. The first-order valence-corrected chi connectivity index (χ1v) is 13.0. The SMILES string of the molecule is CCN1CCN(CSC2=C(C(=O)OCc3ccc([N+](=O)[O-])cc3)N3C(=O)[C@@H](CCO)[C@H]3[C@H]2C)C(=O)C1=O. The third-order valence-electron chi connectivity index (χ3n) is 6.97. The van der Waals surface area contributed by atoms with Crippen LogP contribution in [-0.2, 0) is 30.5 Å². The molecule has 198 valence electrons. The molecule has 3 atom stereocenters. The summed E-state index contributed by atoms with van der Waals surface area (Å²) in [5.41, 5.74) is 0.565. The highest BCUT2D eigenvalue weighted by Crippen LogP contribution is 2.50. The Hall–Kier alpha value is -3.45. The van der Waals surface area contributed by atoms with E-state index in [0.717, 1.165) is 0 Å². The number of esters is 1. The molecule has 0 spiro atoms. The Morgan fingerprint density at radius 2 is 1.81 bits per heavy atom. The number of aliphatic hydroxyl groups excluding tert-OH is 1. The molecule has 13 heteroatoms. The van der Waals surface area contributed by atoms with Crippen molar-refractivity contribution in [1.29, 1.82) is 0 Å². The van der Waals surface area contributed by atoms with Crippen molar-refractivity contribution in [2.45, 2.75) is 32.9 Å². The number of hydrogen-bond acceptors (Lipinski definition) is 9. The van der Waals surface area contributed by atoms with Crippen LogP contribution in [0.4, 0.5) is 5.69 Å². The molecular formula is C24H28N4O8S. The fourth-order valence-electron chi connectivity index (χ4n) is 4.94. The molecule has 0 saturated carbocycles. The number of piperazine rings is 1. The maximum atomic E-state index is 13.2. The van der Waals surface area contributed by atoms with Crippen LogP contribution in [0.15, 0.2) is 34.9 Å². The summed E-state index contributed by atoms with van der Waals surface area (Å²) in [4.78, 5) is 66.1. The van der Waals surface area contributed by atoms with Crippen LogP contribution in [0.2, 0.25) is 0 Å². The van der Waals surface area contributed by atoms with Gasteiger partial charge in [-0.15, -0.1) is 11.8 Å². The van der Waals surface area contributed by atoms with Gasteiger partial charge in [-0.1, -0.05) is 6.92 Å². The molecule has 1 aromatic carbocycles. The lowest BCUT2D eigenvalue weighted by Crippen LogP contribution is -2.60. The molecule has 4 rings (SSSR count). The number of nitrogens with zero attached hydrogens (tertiary/aromatic N) is 4. The number of carbonyl (C=O) groups excluding carboxylic acids is 4. The van der Waals surface area contributed by atoms with E-state index < -0.39 is 28.6 Å². The van der Waals surface area contributed by atoms with E-state index in [1.54, 1.807) is 6.92 Å². The van der Waals surface area contributed by atoms with Gasteiger partial charge in [0.25, 0.3) is 5.69 Å². The molecular weight excluding hydrogens is 504 g/mol. The van der Waals surface area contributed by atoms with E-state index in [-0.39, 0.29) is 54.8 Å².